The lowest BCUT2D eigenvalue weighted by molar-refractivity contribution is 0.155. The molecule has 2 aromatic rings. The smallest absolute Gasteiger partial charge is 0.413 e. The lowest BCUT2D eigenvalue weighted by Gasteiger charge is -2.12. The maximum Gasteiger partial charge on any atom is 0.413 e. The Morgan fingerprint density at radius 3 is 1.46 bits per heavy atom. The molecule has 0 saturated carbocycles. The number of anilines is 2. The fourth-order valence-electron chi connectivity index (χ4n) is 1.77. The molecule has 4 N–H and O–H groups in total. The molecular formula is C17H16Br2N4O4S. The molecule has 0 aliphatic rings. The Morgan fingerprint density at radius 2 is 1.11 bits per heavy atom. The van der Waals surface area contributed by atoms with Crippen LogP contribution in [0.25, 0.3) is 0 Å². The quantitative estimate of drug-likeness (QED) is 0.324. The fraction of sp³-hybridized carbons (Fsp3) is 0.118. The second-order valence-corrected chi connectivity index (χ2v) is 7.34. The summed E-state index contributed by atoms with van der Waals surface area (Å²) in [4.78, 5) is 23.3. The van der Waals surface area contributed by atoms with Crippen LogP contribution < -0.4 is 21.3 Å². The number of hydrogen-bond acceptors (Lipinski definition) is 5. The predicted octanol–water partition coefficient (Wildman–Crippen LogP) is 4.39. The monoisotopic (exact) mass is 530 g/mol. The molecule has 0 spiro atoms. The summed E-state index contributed by atoms with van der Waals surface area (Å²) in [7, 11) is 0. The summed E-state index contributed by atoms with van der Waals surface area (Å²) in [6, 6.07) is 14.1. The predicted molar refractivity (Wildman–Crippen MR) is 117 cm³/mol. The van der Waals surface area contributed by atoms with Crippen molar-refractivity contribution < 1.29 is 19.1 Å². The van der Waals surface area contributed by atoms with Crippen molar-refractivity contribution in [3.8, 4) is 0 Å². The van der Waals surface area contributed by atoms with Gasteiger partial charge in [-0.05, 0) is 60.7 Å². The summed E-state index contributed by atoms with van der Waals surface area (Å²) in [6.45, 7) is -0.307. The van der Waals surface area contributed by atoms with Gasteiger partial charge in [-0.3, -0.25) is 10.6 Å². The van der Waals surface area contributed by atoms with Crippen LogP contribution in [0.5, 0.6) is 0 Å². The van der Waals surface area contributed by atoms with Gasteiger partial charge in [0.1, 0.15) is 0 Å². The maximum absolute atomic E-state index is 11.6. The summed E-state index contributed by atoms with van der Waals surface area (Å²) < 4.78 is 11.7. The molecule has 0 radical (unpaired) electrons. The van der Waals surface area contributed by atoms with E-state index in [0.717, 1.165) is 8.95 Å². The fourth-order valence-corrected chi connectivity index (χ4v) is 2.42. The Labute approximate surface area is 183 Å². The number of thiocarbonyl (C=S) groups is 1. The molecule has 11 heteroatoms. The lowest BCUT2D eigenvalue weighted by Crippen LogP contribution is -2.39. The highest BCUT2D eigenvalue weighted by Gasteiger charge is 2.05. The Kier molecular flexibility index (Phi) is 8.98. The van der Waals surface area contributed by atoms with Crippen LogP contribution in [0.3, 0.4) is 0 Å². The third kappa shape index (κ3) is 8.55. The van der Waals surface area contributed by atoms with Crippen molar-refractivity contribution in [2.45, 2.75) is 0 Å². The number of nitrogens with one attached hydrogen (secondary N) is 4. The van der Waals surface area contributed by atoms with Crippen LogP contribution >= 0.6 is 44.1 Å². The van der Waals surface area contributed by atoms with Gasteiger partial charge in [-0.1, -0.05) is 31.9 Å². The molecular weight excluding hydrogens is 516 g/mol. The topological polar surface area (TPSA) is 101 Å². The number of halogens is 2. The van der Waals surface area contributed by atoms with Crippen molar-refractivity contribution in [3.63, 3.8) is 0 Å². The summed E-state index contributed by atoms with van der Waals surface area (Å²) in [6.07, 6.45) is -1.27. The van der Waals surface area contributed by atoms with E-state index >= 15 is 0 Å². The van der Waals surface area contributed by atoms with Crippen LogP contribution in [0.15, 0.2) is 57.5 Å². The van der Waals surface area contributed by atoms with E-state index in [1.807, 2.05) is 0 Å². The van der Waals surface area contributed by atoms with Crippen LogP contribution in [0.2, 0.25) is 0 Å². The SMILES string of the molecule is O=C(Nc1ccc(Br)cc1)OCNC(=S)NCOC(=O)Nc1ccc(Br)cc1. The van der Waals surface area contributed by atoms with E-state index in [1.54, 1.807) is 48.5 Å². The van der Waals surface area contributed by atoms with Crippen LogP contribution in [-0.2, 0) is 9.47 Å². The van der Waals surface area contributed by atoms with Crippen molar-refractivity contribution >= 4 is 72.8 Å². The van der Waals surface area contributed by atoms with Crippen LogP contribution in [0, 0.1) is 0 Å². The standard InChI is InChI=1S/C17H16Br2N4O4S/c18-11-1-5-13(6-2-11)22-16(24)26-9-20-15(28)21-10-27-17(25)23-14-7-3-12(19)4-8-14/h1-8H,9-10H2,(H,22,24)(H,23,25)(H2,20,21,28). The molecule has 0 saturated heterocycles. The molecule has 0 atom stereocenters. The van der Waals surface area contributed by atoms with Gasteiger partial charge in [0.2, 0.25) is 0 Å². The average Bonchev–Trinajstić information content (AvgIpc) is 2.65. The highest BCUT2D eigenvalue weighted by Crippen LogP contribution is 2.15. The molecule has 28 heavy (non-hydrogen) atoms. The number of amides is 2. The second-order valence-electron chi connectivity index (χ2n) is 5.10. The zero-order valence-corrected chi connectivity index (χ0v) is 18.3. The highest BCUT2D eigenvalue weighted by atomic mass is 79.9. The first-order valence-electron chi connectivity index (χ1n) is 7.83. The number of rotatable bonds is 6. The van der Waals surface area contributed by atoms with E-state index in [4.69, 9.17) is 21.7 Å². The molecule has 0 aliphatic heterocycles. The van der Waals surface area contributed by atoms with E-state index in [9.17, 15) is 9.59 Å². The zero-order valence-electron chi connectivity index (χ0n) is 14.3. The molecule has 0 heterocycles. The Hall–Kier alpha value is -2.37. The van der Waals surface area contributed by atoms with Gasteiger partial charge in [0.15, 0.2) is 18.6 Å². The van der Waals surface area contributed by atoms with Crippen molar-refractivity contribution in [2.75, 3.05) is 24.1 Å². The summed E-state index contributed by atoms with van der Waals surface area (Å²) in [5.41, 5.74) is 1.19. The van der Waals surface area contributed by atoms with Crippen molar-refractivity contribution in [1.29, 1.82) is 0 Å². The second kappa shape index (κ2) is 11.5. The summed E-state index contributed by atoms with van der Waals surface area (Å²) >= 11 is 11.6. The molecule has 148 valence electrons. The molecule has 0 aromatic heterocycles. The number of carbonyl (C=O) groups is 2. The molecule has 0 unspecified atom stereocenters. The largest absolute Gasteiger partial charge is 0.428 e. The number of hydrogen-bond donors (Lipinski definition) is 4. The molecule has 2 aromatic carbocycles. The molecule has 0 aliphatic carbocycles. The lowest BCUT2D eigenvalue weighted by atomic mass is 10.3. The summed E-state index contributed by atoms with van der Waals surface area (Å²) in [5.74, 6) is 0. The number of carbonyl (C=O) groups excluding carboxylic acids is 2. The number of benzene rings is 2. The van der Waals surface area contributed by atoms with E-state index < -0.39 is 12.2 Å². The first-order chi connectivity index (χ1) is 13.4. The van der Waals surface area contributed by atoms with Gasteiger partial charge in [0.25, 0.3) is 0 Å². The Morgan fingerprint density at radius 1 is 0.750 bits per heavy atom. The van der Waals surface area contributed by atoms with Gasteiger partial charge in [0, 0.05) is 20.3 Å². The first kappa shape index (κ1) is 21.9. The summed E-state index contributed by atoms with van der Waals surface area (Å²) in [5, 5.41) is 10.6. The van der Waals surface area contributed by atoms with Crippen molar-refractivity contribution in [3.05, 3.63) is 57.5 Å². The van der Waals surface area contributed by atoms with E-state index in [1.165, 1.54) is 0 Å². The molecule has 2 amide bonds. The van der Waals surface area contributed by atoms with Crippen LogP contribution in [-0.4, -0.2) is 30.8 Å². The first-order valence-corrected chi connectivity index (χ1v) is 9.82. The number of ether oxygens (including phenoxy) is 2. The minimum atomic E-state index is -0.636. The minimum Gasteiger partial charge on any atom is -0.428 e. The van der Waals surface area contributed by atoms with Crippen molar-refractivity contribution in [2.24, 2.45) is 0 Å². The van der Waals surface area contributed by atoms with Gasteiger partial charge >= 0.3 is 12.2 Å². The molecule has 0 fully saturated rings. The Balaban J connectivity index is 1.56. The average molecular weight is 532 g/mol. The highest BCUT2D eigenvalue weighted by molar-refractivity contribution is 9.10. The zero-order chi connectivity index (χ0) is 20.4. The molecule has 8 nitrogen and oxygen atoms in total. The van der Waals surface area contributed by atoms with Gasteiger partial charge in [-0.2, -0.15) is 0 Å². The maximum atomic E-state index is 11.6. The Bertz CT molecular complexity index is 751. The van der Waals surface area contributed by atoms with Gasteiger partial charge in [-0.25, -0.2) is 9.59 Å². The minimum absolute atomic E-state index is 0.153. The third-order valence-corrected chi connectivity index (χ3v) is 4.40. The van der Waals surface area contributed by atoms with Gasteiger partial charge in [-0.15, -0.1) is 0 Å². The normalized spacial score (nSPS) is 9.79. The molecule has 2 rings (SSSR count). The van der Waals surface area contributed by atoms with Crippen molar-refractivity contribution in [1.82, 2.24) is 10.6 Å². The van der Waals surface area contributed by atoms with E-state index in [0.29, 0.717) is 11.4 Å². The molecule has 0 bridgehead atoms. The third-order valence-electron chi connectivity index (χ3n) is 3.05. The van der Waals surface area contributed by atoms with E-state index in [2.05, 4.69) is 53.1 Å². The van der Waals surface area contributed by atoms with Gasteiger partial charge < -0.3 is 20.1 Å². The van der Waals surface area contributed by atoms with E-state index in [-0.39, 0.29) is 18.6 Å². The van der Waals surface area contributed by atoms with Gasteiger partial charge in [0.05, 0.1) is 0 Å². The van der Waals surface area contributed by atoms with Crippen LogP contribution in [0.4, 0.5) is 21.0 Å². The van der Waals surface area contributed by atoms with Crippen LogP contribution in [0.1, 0.15) is 0 Å².